The van der Waals surface area contributed by atoms with Crippen LogP contribution in [-0.2, 0) is 6.54 Å². The summed E-state index contributed by atoms with van der Waals surface area (Å²) >= 11 is 1.72. The number of hydrogen-bond donors (Lipinski definition) is 1. The Morgan fingerprint density at radius 1 is 1.52 bits per heavy atom. The standard InChI is InChI=1S/C15H18N4OS/c1-11-16-7-6-12(18-11)10-17-15(20)19-8-2-4-13(19)14-5-3-9-21-14/h3,5-7,9,13H,2,4,8,10H2,1H3,(H,17,20)/t13-/m1/s1. The monoisotopic (exact) mass is 302 g/mol. The quantitative estimate of drug-likeness (QED) is 0.948. The number of hydrogen-bond acceptors (Lipinski definition) is 4. The molecule has 21 heavy (non-hydrogen) atoms. The molecule has 2 aromatic rings. The number of thiophene rings is 1. The summed E-state index contributed by atoms with van der Waals surface area (Å²) < 4.78 is 0. The molecule has 0 saturated carbocycles. The molecule has 1 saturated heterocycles. The molecule has 110 valence electrons. The van der Waals surface area contributed by atoms with Gasteiger partial charge in [0.2, 0.25) is 0 Å². The van der Waals surface area contributed by atoms with Gasteiger partial charge in [0.05, 0.1) is 18.3 Å². The Hall–Kier alpha value is -1.95. The molecule has 0 aromatic carbocycles. The van der Waals surface area contributed by atoms with Crippen molar-refractivity contribution < 1.29 is 4.79 Å². The van der Waals surface area contributed by atoms with Crippen molar-refractivity contribution in [1.29, 1.82) is 0 Å². The van der Waals surface area contributed by atoms with Crippen molar-refractivity contribution in [2.75, 3.05) is 6.54 Å². The minimum atomic E-state index is -0.0119. The van der Waals surface area contributed by atoms with Gasteiger partial charge in [0.25, 0.3) is 0 Å². The van der Waals surface area contributed by atoms with Crippen LogP contribution in [0.1, 0.15) is 35.3 Å². The Balaban J connectivity index is 1.62. The Labute approximate surface area is 128 Å². The van der Waals surface area contributed by atoms with Crippen LogP contribution in [0.4, 0.5) is 4.79 Å². The number of nitrogens with zero attached hydrogens (tertiary/aromatic N) is 3. The lowest BCUT2D eigenvalue weighted by atomic mass is 10.2. The molecule has 0 radical (unpaired) electrons. The fourth-order valence-electron chi connectivity index (χ4n) is 2.66. The Morgan fingerprint density at radius 2 is 2.43 bits per heavy atom. The topological polar surface area (TPSA) is 58.1 Å². The summed E-state index contributed by atoms with van der Waals surface area (Å²) in [6.07, 6.45) is 3.82. The van der Waals surface area contributed by atoms with Crippen molar-refractivity contribution in [3.8, 4) is 0 Å². The lowest BCUT2D eigenvalue weighted by Crippen LogP contribution is -2.39. The van der Waals surface area contributed by atoms with Crippen LogP contribution in [0.15, 0.2) is 29.8 Å². The van der Waals surface area contributed by atoms with Crippen LogP contribution in [0.2, 0.25) is 0 Å². The third-order valence-electron chi connectivity index (χ3n) is 3.64. The average Bonchev–Trinajstić information content (AvgIpc) is 3.14. The first kappa shape index (κ1) is 14.0. The molecule has 3 rings (SSSR count). The number of likely N-dealkylation sites (tertiary alicyclic amines) is 1. The number of amides is 2. The predicted molar refractivity (Wildman–Crippen MR) is 82.0 cm³/mol. The lowest BCUT2D eigenvalue weighted by Gasteiger charge is -2.24. The van der Waals surface area contributed by atoms with Crippen molar-refractivity contribution in [3.63, 3.8) is 0 Å². The average molecular weight is 302 g/mol. The molecular weight excluding hydrogens is 284 g/mol. The summed E-state index contributed by atoms with van der Waals surface area (Å²) in [7, 11) is 0. The number of carbonyl (C=O) groups excluding carboxylic acids is 1. The van der Waals surface area contributed by atoms with Gasteiger partial charge in [-0.25, -0.2) is 14.8 Å². The number of nitrogens with one attached hydrogen (secondary N) is 1. The van der Waals surface area contributed by atoms with Crippen LogP contribution in [0, 0.1) is 6.92 Å². The van der Waals surface area contributed by atoms with E-state index in [0.29, 0.717) is 6.54 Å². The second-order valence-electron chi connectivity index (χ2n) is 5.12. The maximum atomic E-state index is 12.4. The SMILES string of the molecule is Cc1nccc(CNC(=O)N2CCC[C@@H]2c2cccs2)n1. The predicted octanol–water partition coefficient (Wildman–Crippen LogP) is 2.89. The fraction of sp³-hybridized carbons (Fsp3) is 0.400. The Bertz CT molecular complexity index is 614. The van der Waals surface area contributed by atoms with Crippen molar-refractivity contribution >= 4 is 17.4 Å². The summed E-state index contributed by atoms with van der Waals surface area (Å²) in [4.78, 5) is 23.9. The zero-order valence-electron chi connectivity index (χ0n) is 12.0. The Morgan fingerprint density at radius 3 is 3.19 bits per heavy atom. The van der Waals surface area contributed by atoms with Gasteiger partial charge < -0.3 is 10.2 Å². The van der Waals surface area contributed by atoms with Crippen LogP contribution in [-0.4, -0.2) is 27.4 Å². The van der Waals surface area contributed by atoms with E-state index in [1.165, 1.54) is 4.88 Å². The third kappa shape index (κ3) is 3.21. The maximum Gasteiger partial charge on any atom is 0.318 e. The highest BCUT2D eigenvalue weighted by Gasteiger charge is 2.30. The number of urea groups is 1. The summed E-state index contributed by atoms with van der Waals surface area (Å²) in [6.45, 7) is 3.10. The summed E-state index contributed by atoms with van der Waals surface area (Å²) in [6, 6.07) is 6.18. The van der Waals surface area contributed by atoms with Gasteiger partial charge >= 0.3 is 6.03 Å². The summed E-state index contributed by atoms with van der Waals surface area (Å²) in [5.74, 6) is 0.722. The van der Waals surface area contributed by atoms with Gasteiger partial charge in [-0.15, -0.1) is 11.3 Å². The molecule has 1 atom stereocenters. The molecule has 0 spiro atoms. The van der Waals surface area contributed by atoms with Gasteiger partial charge in [0.15, 0.2) is 0 Å². The second kappa shape index (κ2) is 6.22. The second-order valence-corrected chi connectivity index (χ2v) is 6.10. The Kier molecular flexibility index (Phi) is 4.15. The van der Waals surface area contributed by atoms with E-state index in [2.05, 4.69) is 26.7 Å². The molecule has 1 fully saturated rings. The van der Waals surface area contributed by atoms with E-state index in [1.807, 2.05) is 24.0 Å². The van der Waals surface area contributed by atoms with E-state index in [4.69, 9.17) is 0 Å². The van der Waals surface area contributed by atoms with E-state index in [9.17, 15) is 4.79 Å². The van der Waals surface area contributed by atoms with E-state index in [1.54, 1.807) is 17.5 Å². The molecule has 0 aliphatic carbocycles. The van der Waals surface area contributed by atoms with E-state index in [0.717, 1.165) is 30.9 Å². The van der Waals surface area contributed by atoms with Gasteiger partial charge in [-0.2, -0.15) is 0 Å². The minimum Gasteiger partial charge on any atom is -0.332 e. The first-order chi connectivity index (χ1) is 10.2. The molecule has 0 unspecified atom stereocenters. The largest absolute Gasteiger partial charge is 0.332 e. The van der Waals surface area contributed by atoms with Crippen LogP contribution < -0.4 is 5.32 Å². The van der Waals surface area contributed by atoms with Crippen molar-refractivity contribution in [2.24, 2.45) is 0 Å². The zero-order valence-corrected chi connectivity index (χ0v) is 12.8. The highest BCUT2D eigenvalue weighted by atomic mass is 32.1. The maximum absolute atomic E-state index is 12.4. The van der Waals surface area contributed by atoms with Gasteiger partial charge in [-0.1, -0.05) is 6.07 Å². The van der Waals surface area contributed by atoms with Gasteiger partial charge in [0, 0.05) is 17.6 Å². The molecule has 0 bridgehead atoms. The third-order valence-corrected chi connectivity index (χ3v) is 4.61. The van der Waals surface area contributed by atoms with Crippen molar-refractivity contribution in [2.45, 2.75) is 32.4 Å². The van der Waals surface area contributed by atoms with Crippen LogP contribution in [0.3, 0.4) is 0 Å². The van der Waals surface area contributed by atoms with Crippen LogP contribution in [0.5, 0.6) is 0 Å². The molecule has 6 heteroatoms. The number of carbonyl (C=O) groups is 1. The number of rotatable bonds is 3. The van der Waals surface area contributed by atoms with Crippen molar-refractivity contribution in [1.82, 2.24) is 20.2 Å². The molecule has 1 aliphatic heterocycles. The number of aromatic nitrogens is 2. The molecule has 5 nitrogen and oxygen atoms in total. The normalized spacial score (nSPS) is 18.0. The first-order valence-electron chi connectivity index (χ1n) is 7.10. The van der Waals surface area contributed by atoms with Gasteiger partial charge in [-0.3, -0.25) is 0 Å². The molecule has 1 aliphatic rings. The molecular formula is C15H18N4OS. The summed E-state index contributed by atoms with van der Waals surface area (Å²) in [5, 5.41) is 5.02. The fourth-order valence-corrected chi connectivity index (χ4v) is 3.53. The zero-order chi connectivity index (χ0) is 14.7. The molecule has 3 heterocycles. The molecule has 1 N–H and O–H groups in total. The lowest BCUT2D eigenvalue weighted by molar-refractivity contribution is 0.193. The first-order valence-corrected chi connectivity index (χ1v) is 7.98. The van der Waals surface area contributed by atoms with Crippen LogP contribution >= 0.6 is 11.3 Å². The summed E-state index contributed by atoms with van der Waals surface area (Å²) in [5.41, 5.74) is 0.836. The van der Waals surface area contributed by atoms with E-state index < -0.39 is 0 Å². The highest BCUT2D eigenvalue weighted by molar-refractivity contribution is 7.10. The van der Waals surface area contributed by atoms with Gasteiger partial charge in [-0.05, 0) is 37.3 Å². The van der Waals surface area contributed by atoms with Crippen molar-refractivity contribution in [3.05, 3.63) is 46.2 Å². The van der Waals surface area contributed by atoms with E-state index in [-0.39, 0.29) is 12.1 Å². The number of aryl methyl sites for hydroxylation is 1. The highest BCUT2D eigenvalue weighted by Crippen LogP contribution is 2.34. The van der Waals surface area contributed by atoms with E-state index >= 15 is 0 Å². The molecule has 2 aromatic heterocycles. The molecule has 2 amide bonds. The van der Waals surface area contributed by atoms with Gasteiger partial charge in [0.1, 0.15) is 5.82 Å². The smallest absolute Gasteiger partial charge is 0.318 e. The van der Waals surface area contributed by atoms with Crippen LogP contribution in [0.25, 0.3) is 0 Å². The minimum absolute atomic E-state index is 0.0119.